The third-order valence-electron chi connectivity index (χ3n) is 7.04. The summed E-state index contributed by atoms with van der Waals surface area (Å²) in [6, 6.07) is 3.10. The number of nitrogens with two attached hydrogens (primary N) is 1. The number of pyridine rings is 1. The Morgan fingerprint density at radius 2 is 2.18 bits per heavy atom. The molecular formula is C23H25ClFN5O3. The van der Waals surface area contributed by atoms with Gasteiger partial charge in [0.2, 0.25) is 0 Å². The SMILES string of the molecule is CN(C)C(=O)c1c(N)ccc(-c2cnc3c(c2Cl)[C@]2(CC[C@H](N4CCOC4=O)C2)CN3)c1F. The van der Waals surface area contributed by atoms with Crippen LogP contribution in [0.4, 0.5) is 20.7 Å². The smallest absolute Gasteiger partial charge is 0.410 e. The van der Waals surface area contributed by atoms with Gasteiger partial charge in [0.25, 0.3) is 5.91 Å². The van der Waals surface area contributed by atoms with Crippen molar-refractivity contribution < 1.29 is 18.7 Å². The summed E-state index contributed by atoms with van der Waals surface area (Å²) in [5.74, 6) is -0.568. The summed E-state index contributed by atoms with van der Waals surface area (Å²) in [6.07, 6.45) is 3.62. The molecular weight excluding hydrogens is 449 g/mol. The Hall–Kier alpha value is -3.07. The quantitative estimate of drug-likeness (QED) is 0.662. The van der Waals surface area contributed by atoms with E-state index in [0.717, 1.165) is 24.8 Å². The van der Waals surface area contributed by atoms with Crippen molar-refractivity contribution in [1.29, 1.82) is 0 Å². The van der Waals surface area contributed by atoms with Gasteiger partial charge in [-0.1, -0.05) is 11.6 Å². The summed E-state index contributed by atoms with van der Waals surface area (Å²) < 4.78 is 20.7. The molecule has 1 aliphatic carbocycles. The highest BCUT2D eigenvalue weighted by molar-refractivity contribution is 6.34. The number of benzene rings is 1. The standard InChI is InChI=1S/C23H25ClFN5O3/c1-29(2)21(31)16-15(26)4-3-13(19(16)25)14-10-27-20-17(18(14)24)23(11-28-20)6-5-12(9-23)30-7-8-33-22(30)32/h3-4,10,12H,5-9,11,26H2,1-2H3,(H,27,28)/t12-,23-/m0/s1. The van der Waals surface area contributed by atoms with Gasteiger partial charge in [-0.2, -0.15) is 0 Å². The first kappa shape index (κ1) is 21.8. The molecule has 2 amide bonds. The van der Waals surface area contributed by atoms with Crippen molar-refractivity contribution in [3.05, 3.63) is 40.3 Å². The molecule has 174 valence electrons. The largest absolute Gasteiger partial charge is 0.448 e. The van der Waals surface area contributed by atoms with Crippen LogP contribution in [0.5, 0.6) is 0 Å². The fourth-order valence-electron chi connectivity index (χ4n) is 5.36. The normalized spacial score (nSPS) is 23.6. The van der Waals surface area contributed by atoms with Crippen LogP contribution in [0.25, 0.3) is 11.1 Å². The molecule has 2 atom stereocenters. The van der Waals surface area contributed by atoms with E-state index in [4.69, 9.17) is 22.1 Å². The van der Waals surface area contributed by atoms with Crippen LogP contribution in [0.3, 0.4) is 0 Å². The van der Waals surface area contributed by atoms with Crippen molar-refractivity contribution in [2.75, 3.05) is 44.8 Å². The van der Waals surface area contributed by atoms with Gasteiger partial charge in [-0.25, -0.2) is 14.2 Å². The first-order chi connectivity index (χ1) is 15.7. The topological polar surface area (TPSA) is 101 Å². The molecule has 1 aromatic heterocycles. The van der Waals surface area contributed by atoms with Gasteiger partial charge in [-0.3, -0.25) is 4.79 Å². The summed E-state index contributed by atoms with van der Waals surface area (Å²) in [6.45, 7) is 1.64. The van der Waals surface area contributed by atoms with E-state index >= 15 is 4.39 Å². The van der Waals surface area contributed by atoms with Crippen molar-refractivity contribution >= 4 is 35.1 Å². The van der Waals surface area contributed by atoms with Crippen LogP contribution < -0.4 is 11.1 Å². The second-order valence-corrected chi connectivity index (χ2v) is 9.52. The van der Waals surface area contributed by atoms with Gasteiger partial charge in [0.05, 0.1) is 17.1 Å². The van der Waals surface area contributed by atoms with E-state index in [1.54, 1.807) is 19.0 Å². The summed E-state index contributed by atoms with van der Waals surface area (Å²) in [4.78, 5) is 32.2. The average molecular weight is 474 g/mol. The lowest BCUT2D eigenvalue weighted by atomic mass is 9.80. The van der Waals surface area contributed by atoms with E-state index in [2.05, 4.69) is 10.3 Å². The number of carbonyl (C=O) groups is 2. The van der Waals surface area contributed by atoms with Crippen molar-refractivity contribution in [3.8, 4) is 11.1 Å². The highest BCUT2D eigenvalue weighted by Gasteiger charge is 2.50. The van der Waals surface area contributed by atoms with Gasteiger partial charge in [0.1, 0.15) is 18.2 Å². The second kappa shape index (κ2) is 7.76. The second-order valence-electron chi connectivity index (χ2n) is 9.14. The van der Waals surface area contributed by atoms with Crippen LogP contribution >= 0.6 is 11.6 Å². The number of carbonyl (C=O) groups excluding carboxylic acids is 2. The number of nitrogen functional groups attached to an aromatic ring is 1. The number of amides is 2. The summed E-state index contributed by atoms with van der Waals surface area (Å²) >= 11 is 6.92. The van der Waals surface area contributed by atoms with Gasteiger partial charge < -0.3 is 25.6 Å². The molecule has 3 N–H and O–H groups in total. The molecule has 5 rings (SSSR count). The average Bonchev–Trinajstić information content (AvgIpc) is 3.48. The van der Waals surface area contributed by atoms with Gasteiger partial charge in [-0.15, -0.1) is 0 Å². The maximum absolute atomic E-state index is 15.6. The molecule has 8 nitrogen and oxygen atoms in total. The van der Waals surface area contributed by atoms with Crippen LogP contribution in [-0.2, 0) is 10.2 Å². The minimum absolute atomic E-state index is 0.0602. The number of nitrogens with zero attached hydrogens (tertiary/aromatic N) is 3. The molecule has 2 aliphatic heterocycles. The maximum atomic E-state index is 15.6. The number of rotatable bonds is 3. The highest BCUT2D eigenvalue weighted by Crippen LogP contribution is 2.53. The molecule has 1 saturated heterocycles. The Morgan fingerprint density at radius 3 is 2.88 bits per heavy atom. The van der Waals surface area contributed by atoms with E-state index in [0.29, 0.717) is 36.1 Å². The first-order valence-corrected chi connectivity index (χ1v) is 11.3. The van der Waals surface area contributed by atoms with Gasteiger partial charge in [0.15, 0.2) is 0 Å². The number of aromatic nitrogens is 1. The number of hydrogen-bond acceptors (Lipinski definition) is 6. The Balaban J connectivity index is 1.56. The monoisotopic (exact) mass is 473 g/mol. The van der Waals surface area contributed by atoms with Crippen LogP contribution in [0.1, 0.15) is 35.2 Å². The predicted octanol–water partition coefficient (Wildman–Crippen LogP) is 3.49. The number of hydrogen-bond donors (Lipinski definition) is 2. The van der Waals surface area contributed by atoms with Gasteiger partial charge in [0, 0.05) is 60.7 Å². The molecule has 0 unspecified atom stereocenters. The van der Waals surface area contributed by atoms with Crippen molar-refractivity contribution in [2.45, 2.75) is 30.7 Å². The van der Waals surface area contributed by atoms with Crippen LogP contribution in [0, 0.1) is 5.82 Å². The third kappa shape index (κ3) is 3.28. The fraction of sp³-hybridized carbons (Fsp3) is 0.435. The van der Waals surface area contributed by atoms with Crippen molar-refractivity contribution in [3.63, 3.8) is 0 Å². The predicted molar refractivity (Wildman–Crippen MR) is 123 cm³/mol. The van der Waals surface area contributed by atoms with Crippen LogP contribution in [0.2, 0.25) is 5.02 Å². The van der Waals surface area contributed by atoms with E-state index < -0.39 is 11.7 Å². The summed E-state index contributed by atoms with van der Waals surface area (Å²) in [7, 11) is 3.08. The van der Waals surface area contributed by atoms with E-state index in [-0.39, 0.29) is 34.4 Å². The molecule has 2 aromatic rings. The van der Waals surface area contributed by atoms with Crippen molar-refractivity contribution in [1.82, 2.24) is 14.8 Å². The van der Waals surface area contributed by atoms with Crippen LogP contribution in [-0.4, -0.2) is 66.6 Å². The lowest BCUT2D eigenvalue weighted by Gasteiger charge is -2.27. The molecule has 1 aromatic carbocycles. The van der Waals surface area contributed by atoms with E-state index in [1.807, 2.05) is 0 Å². The zero-order valence-electron chi connectivity index (χ0n) is 18.5. The molecule has 0 radical (unpaired) electrons. The fourth-order valence-corrected chi connectivity index (χ4v) is 5.81. The minimum Gasteiger partial charge on any atom is -0.448 e. The number of nitrogens with one attached hydrogen (secondary N) is 1. The Bertz CT molecular complexity index is 1170. The lowest BCUT2D eigenvalue weighted by Crippen LogP contribution is -2.36. The summed E-state index contributed by atoms with van der Waals surface area (Å²) in [5, 5.41) is 3.74. The number of anilines is 2. The Morgan fingerprint density at radius 1 is 1.39 bits per heavy atom. The molecule has 3 heterocycles. The Kier molecular flexibility index (Phi) is 5.12. The Labute approximate surface area is 195 Å². The van der Waals surface area contributed by atoms with E-state index in [9.17, 15) is 9.59 Å². The van der Waals surface area contributed by atoms with Crippen molar-refractivity contribution in [2.24, 2.45) is 0 Å². The summed E-state index contributed by atoms with van der Waals surface area (Å²) in [5.41, 5.74) is 6.92. The first-order valence-electron chi connectivity index (χ1n) is 10.9. The molecule has 1 saturated carbocycles. The number of ether oxygens (including phenoxy) is 1. The van der Waals surface area contributed by atoms with E-state index in [1.165, 1.54) is 23.2 Å². The number of cyclic esters (lactones) is 1. The van der Waals surface area contributed by atoms with Gasteiger partial charge in [-0.05, 0) is 31.4 Å². The third-order valence-corrected chi connectivity index (χ3v) is 7.43. The maximum Gasteiger partial charge on any atom is 0.410 e. The number of halogens is 2. The van der Waals surface area contributed by atoms with Crippen LogP contribution in [0.15, 0.2) is 18.3 Å². The molecule has 1 spiro atoms. The zero-order chi connectivity index (χ0) is 23.5. The minimum atomic E-state index is -0.721. The molecule has 3 aliphatic rings. The molecule has 33 heavy (non-hydrogen) atoms. The van der Waals surface area contributed by atoms with Gasteiger partial charge >= 0.3 is 6.09 Å². The number of fused-ring (bicyclic) bond motifs is 2. The zero-order valence-corrected chi connectivity index (χ0v) is 19.2. The lowest BCUT2D eigenvalue weighted by molar-refractivity contribution is 0.0824. The highest BCUT2D eigenvalue weighted by atomic mass is 35.5. The molecule has 0 bridgehead atoms. The molecule has 2 fully saturated rings. The molecule has 10 heteroatoms.